The Kier molecular flexibility index (Phi) is 8.00. The summed E-state index contributed by atoms with van der Waals surface area (Å²) in [6, 6.07) is 6.85. The van der Waals surface area contributed by atoms with E-state index in [-0.39, 0.29) is 38.0 Å². The SMILES string of the molecule is N=C(/C=C\NCC(O)CO)NC(=O)CN1CC(Oc2ccccc2Cl)=CC1=O. The minimum absolute atomic E-state index is 0.108. The Hall–Kier alpha value is -2.88. The van der Waals surface area contributed by atoms with Gasteiger partial charge in [-0.25, -0.2) is 0 Å². The van der Waals surface area contributed by atoms with E-state index in [9.17, 15) is 9.59 Å². The van der Waals surface area contributed by atoms with Crippen LogP contribution in [0.5, 0.6) is 5.75 Å². The van der Waals surface area contributed by atoms with Crippen LogP contribution in [-0.2, 0) is 9.59 Å². The molecule has 0 aliphatic carbocycles. The lowest BCUT2D eigenvalue weighted by molar-refractivity contribution is -0.130. The number of aliphatic hydroxyl groups is 2. The number of ether oxygens (including phenoxy) is 1. The summed E-state index contributed by atoms with van der Waals surface area (Å²) in [6.07, 6.45) is 3.01. The quantitative estimate of drug-likeness (QED) is 0.288. The van der Waals surface area contributed by atoms with E-state index in [1.807, 2.05) is 0 Å². The Bertz CT molecular complexity index is 796. The number of carbonyl (C=O) groups excluding carboxylic acids is 2. The van der Waals surface area contributed by atoms with Gasteiger partial charge < -0.3 is 30.5 Å². The molecule has 1 atom stereocenters. The lowest BCUT2D eigenvalue weighted by atomic mass is 10.3. The number of aliphatic hydroxyl groups excluding tert-OH is 2. The number of amides is 2. The Morgan fingerprint density at radius 1 is 1.43 bits per heavy atom. The number of benzene rings is 1. The van der Waals surface area contributed by atoms with Gasteiger partial charge in [-0.3, -0.25) is 15.0 Å². The molecule has 150 valence electrons. The summed E-state index contributed by atoms with van der Waals surface area (Å²) in [5.41, 5.74) is 0. The highest BCUT2D eigenvalue weighted by molar-refractivity contribution is 6.32. The van der Waals surface area contributed by atoms with Gasteiger partial charge in [0.2, 0.25) is 5.91 Å². The lowest BCUT2D eigenvalue weighted by Gasteiger charge is -2.16. The third-order valence-electron chi connectivity index (χ3n) is 3.56. The first-order valence-electron chi connectivity index (χ1n) is 8.38. The predicted molar refractivity (Wildman–Crippen MR) is 103 cm³/mol. The third kappa shape index (κ3) is 6.69. The van der Waals surface area contributed by atoms with Crippen molar-refractivity contribution >= 4 is 29.3 Å². The van der Waals surface area contributed by atoms with Gasteiger partial charge in [-0.1, -0.05) is 23.7 Å². The van der Waals surface area contributed by atoms with Crippen molar-refractivity contribution in [3.63, 3.8) is 0 Å². The molecule has 2 rings (SSSR count). The number of rotatable bonds is 9. The molecule has 9 nitrogen and oxygen atoms in total. The zero-order valence-electron chi connectivity index (χ0n) is 14.9. The van der Waals surface area contributed by atoms with Crippen molar-refractivity contribution in [2.75, 3.05) is 26.2 Å². The molecule has 0 spiro atoms. The molecule has 1 aromatic rings. The monoisotopic (exact) mass is 408 g/mol. The number of amidine groups is 1. The van der Waals surface area contributed by atoms with Gasteiger partial charge in [-0.15, -0.1) is 0 Å². The van der Waals surface area contributed by atoms with Crippen LogP contribution in [0.4, 0.5) is 0 Å². The van der Waals surface area contributed by atoms with Gasteiger partial charge in [0.15, 0.2) is 0 Å². The van der Waals surface area contributed by atoms with E-state index in [2.05, 4.69) is 10.6 Å². The van der Waals surface area contributed by atoms with Crippen LogP contribution >= 0.6 is 11.6 Å². The Morgan fingerprint density at radius 2 is 2.18 bits per heavy atom. The molecular weight excluding hydrogens is 388 g/mol. The molecule has 1 heterocycles. The van der Waals surface area contributed by atoms with Gasteiger partial charge in [0, 0.05) is 18.8 Å². The second-order valence-electron chi connectivity index (χ2n) is 5.88. The molecule has 1 aliphatic rings. The molecule has 1 unspecified atom stereocenters. The van der Waals surface area contributed by atoms with Crippen LogP contribution in [0.3, 0.4) is 0 Å². The van der Waals surface area contributed by atoms with E-state index in [4.69, 9.17) is 32.0 Å². The van der Waals surface area contributed by atoms with Crippen LogP contribution < -0.4 is 15.4 Å². The average molecular weight is 409 g/mol. The molecule has 2 amide bonds. The van der Waals surface area contributed by atoms with Gasteiger partial charge in [0.25, 0.3) is 5.91 Å². The number of nitrogens with one attached hydrogen (secondary N) is 3. The summed E-state index contributed by atoms with van der Waals surface area (Å²) in [5.74, 6) is -0.319. The first kappa shape index (κ1) is 21.4. The molecule has 0 saturated carbocycles. The number of hydrogen-bond donors (Lipinski definition) is 5. The van der Waals surface area contributed by atoms with Crippen molar-refractivity contribution in [2.45, 2.75) is 6.10 Å². The third-order valence-corrected chi connectivity index (χ3v) is 3.87. The van der Waals surface area contributed by atoms with Crippen LogP contribution in [0.25, 0.3) is 0 Å². The van der Waals surface area contributed by atoms with Gasteiger partial charge in [-0.05, 0) is 18.2 Å². The summed E-state index contributed by atoms with van der Waals surface area (Å²) in [6.45, 7) is -0.398. The molecule has 5 N–H and O–H groups in total. The number of carbonyl (C=O) groups is 2. The highest BCUT2D eigenvalue weighted by atomic mass is 35.5. The Morgan fingerprint density at radius 3 is 2.89 bits per heavy atom. The maximum Gasteiger partial charge on any atom is 0.250 e. The van der Waals surface area contributed by atoms with E-state index in [1.165, 1.54) is 23.3 Å². The average Bonchev–Trinajstić information content (AvgIpc) is 2.99. The smallest absolute Gasteiger partial charge is 0.250 e. The Balaban J connectivity index is 1.77. The van der Waals surface area contributed by atoms with Crippen molar-refractivity contribution in [2.24, 2.45) is 0 Å². The van der Waals surface area contributed by atoms with Crippen molar-refractivity contribution in [1.82, 2.24) is 15.5 Å². The van der Waals surface area contributed by atoms with Crippen LogP contribution in [-0.4, -0.2) is 65.1 Å². The summed E-state index contributed by atoms with van der Waals surface area (Å²) in [4.78, 5) is 25.3. The highest BCUT2D eigenvalue weighted by Gasteiger charge is 2.25. The number of para-hydroxylation sites is 1. The van der Waals surface area contributed by atoms with Crippen LogP contribution in [0, 0.1) is 5.41 Å². The van der Waals surface area contributed by atoms with Crippen molar-refractivity contribution < 1.29 is 24.5 Å². The van der Waals surface area contributed by atoms with Crippen LogP contribution in [0.2, 0.25) is 5.02 Å². The number of halogens is 1. The summed E-state index contributed by atoms with van der Waals surface area (Å²) in [5, 5.41) is 30.9. The standard InChI is InChI=1S/C18H21ClN4O5/c19-14-3-1-2-4-15(14)28-13-7-18(27)23(9-13)10-17(26)22-16(20)5-6-21-8-12(25)11-24/h1-7,12,21,24-25H,8-11H2,(H2,20,22,26)/b6-5-. The van der Waals surface area contributed by atoms with Gasteiger partial charge in [-0.2, -0.15) is 0 Å². The van der Waals surface area contributed by atoms with E-state index in [0.29, 0.717) is 16.5 Å². The maximum absolute atomic E-state index is 12.0. The topological polar surface area (TPSA) is 135 Å². The lowest BCUT2D eigenvalue weighted by Crippen LogP contribution is -2.40. The van der Waals surface area contributed by atoms with Crippen molar-refractivity contribution in [3.05, 3.63) is 53.4 Å². The van der Waals surface area contributed by atoms with E-state index < -0.39 is 12.0 Å². The minimum Gasteiger partial charge on any atom is -0.458 e. The zero-order chi connectivity index (χ0) is 20.5. The van der Waals surface area contributed by atoms with Gasteiger partial charge in [0.1, 0.15) is 23.9 Å². The fourth-order valence-electron chi connectivity index (χ4n) is 2.22. The highest BCUT2D eigenvalue weighted by Crippen LogP contribution is 2.26. The molecule has 0 fully saturated rings. The van der Waals surface area contributed by atoms with Crippen molar-refractivity contribution in [1.29, 1.82) is 5.41 Å². The number of nitrogens with zero attached hydrogens (tertiary/aromatic N) is 1. The molecule has 0 saturated heterocycles. The predicted octanol–water partition coefficient (Wildman–Crippen LogP) is -0.00513. The first-order valence-corrected chi connectivity index (χ1v) is 8.76. The molecule has 1 aliphatic heterocycles. The van der Waals surface area contributed by atoms with Crippen LogP contribution in [0.1, 0.15) is 0 Å². The molecule has 28 heavy (non-hydrogen) atoms. The molecule has 1 aromatic carbocycles. The maximum atomic E-state index is 12.0. The molecule has 0 radical (unpaired) electrons. The zero-order valence-corrected chi connectivity index (χ0v) is 15.6. The fraction of sp³-hybridized carbons (Fsp3) is 0.278. The first-order chi connectivity index (χ1) is 13.4. The normalized spacial score (nSPS) is 14.8. The summed E-state index contributed by atoms with van der Waals surface area (Å²) >= 11 is 6.02. The fourth-order valence-corrected chi connectivity index (χ4v) is 2.39. The second kappa shape index (κ2) is 10.5. The van der Waals surface area contributed by atoms with Crippen molar-refractivity contribution in [3.8, 4) is 5.75 Å². The van der Waals surface area contributed by atoms with E-state index >= 15 is 0 Å². The van der Waals surface area contributed by atoms with Crippen LogP contribution in [0.15, 0.2) is 48.4 Å². The molecule has 10 heteroatoms. The summed E-state index contributed by atoms with van der Waals surface area (Å²) in [7, 11) is 0. The summed E-state index contributed by atoms with van der Waals surface area (Å²) < 4.78 is 5.60. The van der Waals surface area contributed by atoms with E-state index in [0.717, 1.165) is 0 Å². The van der Waals surface area contributed by atoms with Gasteiger partial charge in [0.05, 0.1) is 24.3 Å². The number of hydrogen-bond acceptors (Lipinski definition) is 7. The second-order valence-corrected chi connectivity index (χ2v) is 6.28. The largest absolute Gasteiger partial charge is 0.458 e. The molecule has 0 bridgehead atoms. The Labute approximate surface area is 166 Å². The molecule has 0 aromatic heterocycles. The molecular formula is C18H21ClN4O5. The van der Waals surface area contributed by atoms with E-state index in [1.54, 1.807) is 24.3 Å². The van der Waals surface area contributed by atoms with Gasteiger partial charge >= 0.3 is 0 Å². The minimum atomic E-state index is -0.913.